The molecule has 0 saturated heterocycles. The third kappa shape index (κ3) is 4.94. The summed E-state index contributed by atoms with van der Waals surface area (Å²) in [6.07, 6.45) is 1.78. The predicted molar refractivity (Wildman–Crippen MR) is 110 cm³/mol. The summed E-state index contributed by atoms with van der Waals surface area (Å²) in [4.78, 5) is 28.2. The second kappa shape index (κ2) is 9.43. The molecule has 1 aliphatic heterocycles. The molecule has 0 saturated carbocycles. The Morgan fingerprint density at radius 3 is 2.67 bits per heavy atom. The number of nitrogens with zero attached hydrogens (tertiary/aromatic N) is 1. The van der Waals surface area contributed by atoms with Crippen LogP contribution in [-0.2, 0) is 14.3 Å². The van der Waals surface area contributed by atoms with Gasteiger partial charge < -0.3 is 14.6 Å². The number of aliphatic imine (C=N–C) groups is 1. The van der Waals surface area contributed by atoms with Gasteiger partial charge in [-0.3, -0.25) is 4.79 Å². The first-order chi connectivity index (χ1) is 12.8. The highest BCUT2D eigenvalue weighted by atomic mass is 79.9. The molecule has 6 nitrogen and oxygen atoms in total. The third-order valence-electron chi connectivity index (χ3n) is 3.43. The standard InChI is InChI=1S/C18H17BrClNO5S/c1-4-13(22)21-17-14(18(24)26-5-2)15(23)12(27-17)7-9-6-10(19)8-11(20)16(9)25-3/h6-8,23H,4-5H2,1-3H3/b12-7-,21-17?. The Labute approximate surface area is 174 Å². The second-order valence-electron chi connectivity index (χ2n) is 5.23. The number of ether oxygens (including phenoxy) is 2. The first-order valence-electron chi connectivity index (χ1n) is 7.97. The first kappa shape index (κ1) is 21.5. The molecule has 0 fully saturated rings. The second-order valence-corrected chi connectivity index (χ2v) is 7.58. The summed E-state index contributed by atoms with van der Waals surface area (Å²) in [6, 6.07) is 3.43. The Bertz CT molecular complexity index is 879. The topological polar surface area (TPSA) is 85.2 Å². The summed E-state index contributed by atoms with van der Waals surface area (Å²) in [6.45, 7) is 3.44. The number of carbonyl (C=O) groups excluding carboxylic acids is 2. The molecule has 1 heterocycles. The normalized spacial score (nSPS) is 16.9. The number of aliphatic hydroxyl groups is 1. The highest BCUT2D eigenvalue weighted by Gasteiger charge is 2.34. The molecular weight excluding hydrogens is 458 g/mol. The number of halogens is 2. The number of rotatable bonds is 5. The van der Waals surface area contributed by atoms with E-state index in [4.69, 9.17) is 21.1 Å². The van der Waals surface area contributed by atoms with Gasteiger partial charge >= 0.3 is 5.97 Å². The summed E-state index contributed by atoms with van der Waals surface area (Å²) >= 11 is 10.5. The van der Waals surface area contributed by atoms with Crippen LogP contribution in [0.2, 0.25) is 5.02 Å². The van der Waals surface area contributed by atoms with Gasteiger partial charge in [-0.1, -0.05) is 46.2 Å². The van der Waals surface area contributed by atoms with E-state index in [0.29, 0.717) is 25.7 Å². The number of aliphatic hydroxyl groups excluding tert-OH is 1. The Morgan fingerprint density at radius 1 is 1.37 bits per heavy atom. The number of benzene rings is 1. The first-order valence-corrected chi connectivity index (χ1v) is 9.96. The molecule has 0 spiro atoms. The molecule has 0 aliphatic carbocycles. The number of carbonyl (C=O) groups is 2. The number of amides is 1. The SMILES string of the molecule is CCOC(=O)C1=C(O)/C(=C/c2cc(Br)cc(Cl)c2OC)SC1=NC(=O)CC. The van der Waals surface area contributed by atoms with Crippen LogP contribution in [0.15, 0.2) is 37.8 Å². The van der Waals surface area contributed by atoms with Gasteiger partial charge in [-0.25, -0.2) is 9.79 Å². The molecule has 2 rings (SSSR count). The molecule has 144 valence electrons. The molecule has 0 aromatic heterocycles. The van der Waals surface area contributed by atoms with Crippen molar-refractivity contribution in [1.29, 1.82) is 0 Å². The van der Waals surface area contributed by atoms with Crippen LogP contribution >= 0.6 is 39.3 Å². The number of methoxy groups -OCH3 is 1. The van der Waals surface area contributed by atoms with Crippen molar-refractivity contribution >= 4 is 62.3 Å². The van der Waals surface area contributed by atoms with Crippen molar-refractivity contribution < 1.29 is 24.2 Å². The van der Waals surface area contributed by atoms with Crippen LogP contribution in [0.25, 0.3) is 6.08 Å². The van der Waals surface area contributed by atoms with Crippen molar-refractivity contribution in [3.8, 4) is 5.75 Å². The van der Waals surface area contributed by atoms with Crippen LogP contribution in [0, 0.1) is 0 Å². The van der Waals surface area contributed by atoms with Crippen LogP contribution in [0.5, 0.6) is 5.75 Å². The molecule has 1 amide bonds. The highest BCUT2D eigenvalue weighted by molar-refractivity contribution is 9.10. The Morgan fingerprint density at radius 2 is 2.07 bits per heavy atom. The number of hydrogen-bond acceptors (Lipinski definition) is 6. The van der Waals surface area contributed by atoms with Crippen molar-refractivity contribution in [3.05, 3.63) is 43.4 Å². The molecule has 0 radical (unpaired) electrons. The average molecular weight is 475 g/mol. The lowest BCUT2D eigenvalue weighted by atomic mass is 10.1. The van der Waals surface area contributed by atoms with Crippen LogP contribution < -0.4 is 4.74 Å². The maximum atomic E-state index is 12.2. The zero-order chi connectivity index (χ0) is 20.1. The number of thioether (sulfide) groups is 1. The predicted octanol–water partition coefficient (Wildman–Crippen LogP) is 4.91. The molecule has 9 heteroatoms. The van der Waals surface area contributed by atoms with E-state index in [-0.39, 0.29) is 29.4 Å². The zero-order valence-electron chi connectivity index (χ0n) is 14.8. The molecule has 1 aromatic rings. The van der Waals surface area contributed by atoms with Gasteiger partial charge in [0.25, 0.3) is 0 Å². The zero-order valence-corrected chi connectivity index (χ0v) is 18.0. The van der Waals surface area contributed by atoms with Gasteiger partial charge in [0.2, 0.25) is 5.91 Å². The quantitative estimate of drug-likeness (QED) is 0.610. The van der Waals surface area contributed by atoms with Crippen LogP contribution in [-0.4, -0.2) is 35.7 Å². The lowest BCUT2D eigenvalue weighted by Crippen LogP contribution is -2.14. The van der Waals surface area contributed by atoms with Crippen molar-refractivity contribution in [2.45, 2.75) is 20.3 Å². The molecular formula is C18H17BrClNO5S. The highest BCUT2D eigenvalue weighted by Crippen LogP contribution is 2.41. The van der Waals surface area contributed by atoms with E-state index in [1.165, 1.54) is 7.11 Å². The fourth-order valence-electron chi connectivity index (χ4n) is 2.23. The molecule has 0 unspecified atom stereocenters. The summed E-state index contributed by atoms with van der Waals surface area (Å²) in [5.41, 5.74) is 0.451. The molecule has 1 aliphatic rings. The monoisotopic (exact) mass is 473 g/mol. The molecule has 27 heavy (non-hydrogen) atoms. The molecule has 0 atom stereocenters. The van der Waals surface area contributed by atoms with Crippen LogP contribution in [0.1, 0.15) is 25.8 Å². The van der Waals surface area contributed by atoms with Crippen molar-refractivity contribution in [3.63, 3.8) is 0 Å². The molecule has 1 N–H and O–H groups in total. The fourth-order valence-corrected chi connectivity index (χ4v) is 4.16. The van der Waals surface area contributed by atoms with Gasteiger partial charge in [0, 0.05) is 16.5 Å². The average Bonchev–Trinajstić information content (AvgIpc) is 2.90. The molecule has 0 bridgehead atoms. The van der Waals surface area contributed by atoms with Gasteiger partial charge in [-0.15, -0.1) is 0 Å². The summed E-state index contributed by atoms with van der Waals surface area (Å²) < 4.78 is 11.0. The van der Waals surface area contributed by atoms with E-state index in [1.54, 1.807) is 32.1 Å². The largest absolute Gasteiger partial charge is 0.506 e. The van der Waals surface area contributed by atoms with E-state index < -0.39 is 11.9 Å². The summed E-state index contributed by atoms with van der Waals surface area (Å²) in [7, 11) is 1.48. The van der Waals surface area contributed by atoms with Crippen LogP contribution in [0.4, 0.5) is 0 Å². The van der Waals surface area contributed by atoms with Gasteiger partial charge in [0.1, 0.15) is 22.1 Å². The van der Waals surface area contributed by atoms with E-state index in [9.17, 15) is 14.7 Å². The lowest BCUT2D eigenvalue weighted by Gasteiger charge is -2.09. The van der Waals surface area contributed by atoms with E-state index in [1.807, 2.05) is 0 Å². The van der Waals surface area contributed by atoms with Crippen molar-refractivity contribution in [1.82, 2.24) is 0 Å². The Hall–Kier alpha value is -1.77. The third-order valence-corrected chi connectivity index (χ3v) is 5.19. The maximum Gasteiger partial charge on any atom is 0.344 e. The Balaban J connectivity index is 2.59. The van der Waals surface area contributed by atoms with Gasteiger partial charge in [-0.2, -0.15) is 0 Å². The lowest BCUT2D eigenvalue weighted by molar-refractivity contribution is -0.138. The van der Waals surface area contributed by atoms with Crippen molar-refractivity contribution in [2.75, 3.05) is 13.7 Å². The fraction of sp³-hybridized carbons (Fsp3) is 0.278. The minimum absolute atomic E-state index is 0.101. The summed E-state index contributed by atoms with van der Waals surface area (Å²) in [5, 5.41) is 11.1. The summed E-state index contributed by atoms with van der Waals surface area (Å²) in [5.74, 6) is -1.04. The van der Waals surface area contributed by atoms with Crippen LogP contribution in [0.3, 0.4) is 0 Å². The maximum absolute atomic E-state index is 12.2. The van der Waals surface area contributed by atoms with Crippen molar-refractivity contribution in [2.24, 2.45) is 4.99 Å². The van der Waals surface area contributed by atoms with E-state index >= 15 is 0 Å². The Kier molecular flexibility index (Phi) is 7.52. The van der Waals surface area contributed by atoms with Gasteiger partial charge in [0.15, 0.2) is 0 Å². The van der Waals surface area contributed by atoms with E-state index in [0.717, 1.165) is 11.8 Å². The molecule has 1 aromatic carbocycles. The van der Waals surface area contributed by atoms with E-state index in [2.05, 4.69) is 20.9 Å². The number of esters is 1. The van der Waals surface area contributed by atoms with Gasteiger partial charge in [0.05, 0.1) is 23.6 Å². The minimum atomic E-state index is -0.743. The minimum Gasteiger partial charge on any atom is -0.506 e. The number of hydrogen-bond donors (Lipinski definition) is 1. The van der Waals surface area contributed by atoms with Gasteiger partial charge in [-0.05, 0) is 25.1 Å². The smallest absolute Gasteiger partial charge is 0.344 e.